The molecule has 1 N–H and O–H groups in total. The topological polar surface area (TPSA) is 48.5 Å². The summed E-state index contributed by atoms with van der Waals surface area (Å²) in [4.78, 5) is 20.2. The Morgan fingerprint density at radius 1 is 1.32 bits per heavy atom. The zero-order valence-electron chi connectivity index (χ0n) is 12.1. The normalized spacial score (nSPS) is 10.7. The average Bonchev–Trinajstić information content (AvgIpc) is 2.40. The van der Waals surface area contributed by atoms with Crippen LogP contribution in [0.25, 0.3) is 0 Å². The van der Waals surface area contributed by atoms with Crippen LogP contribution in [0.5, 0.6) is 0 Å². The first-order chi connectivity index (χ1) is 9.13. The van der Waals surface area contributed by atoms with E-state index in [1.807, 2.05) is 44.1 Å². The number of hydrogen-bond donors (Lipinski definition) is 1. The Bertz CT molecular complexity index is 367. The van der Waals surface area contributed by atoms with Crippen molar-refractivity contribution in [3.63, 3.8) is 0 Å². The highest BCUT2D eigenvalue weighted by atomic mass is 16.2. The lowest BCUT2D eigenvalue weighted by Gasteiger charge is -2.23. The lowest BCUT2D eigenvalue weighted by molar-refractivity contribution is -0.130. The maximum Gasteiger partial charge on any atom is 0.236 e. The summed E-state index contributed by atoms with van der Waals surface area (Å²) >= 11 is 0. The van der Waals surface area contributed by atoms with E-state index in [2.05, 4.69) is 15.2 Å². The summed E-state index contributed by atoms with van der Waals surface area (Å²) in [5.74, 6) is 0.139. The second kappa shape index (κ2) is 8.61. The van der Waals surface area contributed by atoms with Gasteiger partial charge in [-0.05, 0) is 33.2 Å². The second-order valence-corrected chi connectivity index (χ2v) is 4.70. The van der Waals surface area contributed by atoms with Gasteiger partial charge in [0.25, 0.3) is 0 Å². The van der Waals surface area contributed by atoms with E-state index in [1.165, 1.54) is 0 Å². The van der Waals surface area contributed by atoms with Gasteiger partial charge in [0.05, 0.1) is 12.2 Å². The summed E-state index contributed by atoms with van der Waals surface area (Å²) in [6.07, 6.45) is 1.76. The largest absolute Gasteiger partial charge is 0.341 e. The van der Waals surface area contributed by atoms with Gasteiger partial charge in [0.1, 0.15) is 0 Å². The molecular formula is C14H24N4O. The third-order valence-corrected chi connectivity index (χ3v) is 2.86. The van der Waals surface area contributed by atoms with Crippen molar-refractivity contribution in [2.45, 2.75) is 13.5 Å². The van der Waals surface area contributed by atoms with Crippen molar-refractivity contribution in [1.82, 2.24) is 20.1 Å². The molecule has 0 aromatic carbocycles. The molecule has 1 rings (SSSR count). The molecule has 0 saturated heterocycles. The minimum Gasteiger partial charge on any atom is -0.341 e. The molecule has 1 aromatic rings. The summed E-state index contributed by atoms with van der Waals surface area (Å²) < 4.78 is 0. The van der Waals surface area contributed by atoms with E-state index in [9.17, 15) is 4.79 Å². The summed E-state index contributed by atoms with van der Waals surface area (Å²) in [6, 6.07) is 5.77. The van der Waals surface area contributed by atoms with Gasteiger partial charge in [-0.2, -0.15) is 0 Å². The van der Waals surface area contributed by atoms with Gasteiger partial charge in [-0.3, -0.25) is 9.78 Å². The number of carbonyl (C=O) groups is 1. The van der Waals surface area contributed by atoms with Crippen LogP contribution in [-0.4, -0.2) is 61.0 Å². The van der Waals surface area contributed by atoms with Crippen molar-refractivity contribution in [2.24, 2.45) is 0 Å². The standard InChI is InChI=1S/C14H24N4O/c1-4-18(10-9-17(2)3)14(19)12-15-11-13-7-5-6-8-16-13/h5-8,15H,4,9-12H2,1-3H3. The number of aromatic nitrogens is 1. The van der Waals surface area contributed by atoms with Crippen LogP contribution in [0.1, 0.15) is 12.6 Å². The molecule has 0 bridgehead atoms. The fraction of sp³-hybridized carbons (Fsp3) is 0.571. The number of pyridine rings is 1. The first-order valence-corrected chi connectivity index (χ1v) is 6.66. The highest BCUT2D eigenvalue weighted by molar-refractivity contribution is 5.78. The number of amides is 1. The van der Waals surface area contributed by atoms with E-state index in [-0.39, 0.29) is 5.91 Å². The summed E-state index contributed by atoms with van der Waals surface area (Å²) in [6.45, 7) is 5.40. The molecule has 1 amide bonds. The van der Waals surface area contributed by atoms with Crippen LogP contribution in [-0.2, 0) is 11.3 Å². The molecule has 1 heterocycles. The van der Waals surface area contributed by atoms with Crippen LogP contribution in [0.3, 0.4) is 0 Å². The molecule has 19 heavy (non-hydrogen) atoms. The molecular weight excluding hydrogens is 240 g/mol. The number of hydrogen-bond acceptors (Lipinski definition) is 4. The molecule has 0 unspecified atom stereocenters. The highest BCUT2D eigenvalue weighted by Gasteiger charge is 2.10. The molecule has 1 aromatic heterocycles. The lowest BCUT2D eigenvalue weighted by atomic mass is 10.3. The molecule has 0 aliphatic carbocycles. The zero-order valence-corrected chi connectivity index (χ0v) is 12.1. The van der Waals surface area contributed by atoms with Gasteiger partial charge in [-0.25, -0.2) is 0 Å². The average molecular weight is 264 g/mol. The maximum atomic E-state index is 12.0. The van der Waals surface area contributed by atoms with Crippen LogP contribution in [0, 0.1) is 0 Å². The van der Waals surface area contributed by atoms with Gasteiger partial charge < -0.3 is 15.1 Å². The highest BCUT2D eigenvalue weighted by Crippen LogP contribution is 1.93. The Morgan fingerprint density at radius 3 is 2.68 bits per heavy atom. The van der Waals surface area contributed by atoms with Crippen molar-refractivity contribution >= 4 is 5.91 Å². The smallest absolute Gasteiger partial charge is 0.236 e. The molecule has 5 heteroatoms. The first kappa shape index (κ1) is 15.6. The number of likely N-dealkylation sites (N-methyl/N-ethyl adjacent to an activating group) is 2. The van der Waals surface area contributed by atoms with E-state index in [4.69, 9.17) is 0 Å². The van der Waals surface area contributed by atoms with Crippen molar-refractivity contribution in [3.8, 4) is 0 Å². The van der Waals surface area contributed by atoms with Crippen LogP contribution < -0.4 is 5.32 Å². The van der Waals surface area contributed by atoms with Gasteiger partial charge >= 0.3 is 0 Å². The van der Waals surface area contributed by atoms with Gasteiger partial charge in [0, 0.05) is 32.4 Å². The van der Waals surface area contributed by atoms with Gasteiger partial charge in [0.2, 0.25) is 5.91 Å². The fourth-order valence-electron chi connectivity index (χ4n) is 1.69. The van der Waals surface area contributed by atoms with E-state index in [0.29, 0.717) is 13.1 Å². The third kappa shape index (κ3) is 6.31. The Labute approximate surface area is 115 Å². The van der Waals surface area contributed by atoms with E-state index < -0.39 is 0 Å². The molecule has 0 spiro atoms. The van der Waals surface area contributed by atoms with Crippen LogP contribution in [0.15, 0.2) is 24.4 Å². The van der Waals surface area contributed by atoms with Crippen molar-refractivity contribution in [2.75, 3.05) is 40.3 Å². The molecule has 0 saturated carbocycles. The van der Waals surface area contributed by atoms with E-state index in [0.717, 1.165) is 25.3 Å². The molecule has 0 atom stereocenters. The number of nitrogens with zero attached hydrogens (tertiary/aromatic N) is 3. The molecule has 0 aliphatic rings. The van der Waals surface area contributed by atoms with Crippen molar-refractivity contribution < 1.29 is 4.79 Å². The monoisotopic (exact) mass is 264 g/mol. The number of rotatable bonds is 8. The van der Waals surface area contributed by atoms with Crippen molar-refractivity contribution in [1.29, 1.82) is 0 Å². The van der Waals surface area contributed by atoms with Gasteiger partial charge in [-0.15, -0.1) is 0 Å². The van der Waals surface area contributed by atoms with E-state index in [1.54, 1.807) is 6.20 Å². The maximum absolute atomic E-state index is 12.0. The lowest BCUT2D eigenvalue weighted by Crippen LogP contribution is -2.41. The predicted octanol–water partition coefficient (Wildman–Crippen LogP) is 0.581. The summed E-state index contributed by atoms with van der Waals surface area (Å²) in [5.41, 5.74) is 0.951. The molecule has 0 aliphatic heterocycles. The molecule has 106 valence electrons. The minimum atomic E-state index is 0.139. The first-order valence-electron chi connectivity index (χ1n) is 6.66. The Hall–Kier alpha value is -1.46. The predicted molar refractivity (Wildman–Crippen MR) is 76.8 cm³/mol. The minimum absolute atomic E-state index is 0.139. The molecule has 0 radical (unpaired) electrons. The van der Waals surface area contributed by atoms with Crippen molar-refractivity contribution in [3.05, 3.63) is 30.1 Å². The Morgan fingerprint density at radius 2 is 2.11 bits per heavy atom. The quantitative estimate of drug-likeness (QED) is 0.746. The Balaban J connectivity index is 2.28. The van der Waals surface area contributed by atoms with Crippen LogP contribution in [0.4, 0.5) is 0 Å². The fourth-order valence-corrected chi connectivity index (χ4v) is 1.69. The Kier molecular flexibility index (Phi) is 7.07. The van der Waals surface area contributed by atoms with E-state index >= 15 is 0 Å². The number of carbonyl (C=O) groups excluding carboxylic acids is 1. The zero-order chi connectivity index (χ0) is 14.1. The third-order valence-electron chi connectivity index (χ3n) is 2.86. The van der Waals surface area contributed by atoms with Gasteiger partial charge in [-0.1, -0.05) is 6.07 Å². The second-order valence-electron chi connectivity index (χ2n) is 4.70. The SMILES string of the molecule is CCN(CCN(C)C)C(=O)CNCc1ccccn1. The van der Waals surface area contributed by atoms with Gasteiger partial charge in [0.15, 0.2) is 0 Å². The summed E-state index contributed by atoms with van der Waals surface area (Å²) in [5, 5.41) is 3.14. The van der Waals surface area contributed by atoms with Crippen LogP contribution >= 0.6 is 0 Å². The summed E-state index contributed by atoms with van der Waals surface area (Å²) in [7, 11) is 4.02. The number of nitrogens with one attached hydrogen (secondary N) is 1. The molecule has 0 fully saturated rings. The van der Waals surface area contributed by atoms with Crippen LogP contribution in [0.2, 0.25) is 0 Å². The molecule has 5 nitrogen and oxygen atoms in total.